The molecule has 234 valence electrons. The van der Waals surface area contributed by atoms with E-state index in [1.54, 1.807) is 0 Å². The molecule has 0 fully saturated rings. The van der Waals surface area contributed by atoms with Crippen LogP contribution >= 0.6 is 0 Å². The van der Waals surface area contributed by atoms with Crippen LogP contribution in [0.2, 0.25) is 0 Å². The quantitative estimate of drug-likeness (QED) is 0.121. The molecule has 2 unspecified atom stereocenters. The van der Waals surface area contributed by atoms with Crippen molar-refractivity contribution in [2.24, 2.45) is 10.8 Å². The molecule has 7 heteroatoms. The van der Waals surface area contributed by atoms with Gasteiger partial charge in [-0.25, -0.2) is 12.3 Å². The average Bonchev–Trinajstić information content (AvgIpc) is 2.79. The minimum Gasteiger partial charge on any atom is -0.673 e. The van der Waals surface area contributed by atoms with E-state index in [0.29, 0.717) is 0 Å². The van der Waals surface area contributed by atoms with Gasteiger partial charge in [0.2, 0.25) is 0 Å². The topological polar surface area (TPSA) is 90.5 Å². The number of nitrogens with zero attached hydrogens (tertiary/aromatic N) is 4. The van der Waals surface area contributed by atoms with E-state index in [9.17, 15) is 0 Å². The van der Waals surface area contributed by atoms with Crippen LogP contribution in [0, 0.1) is 10.8 Å². The summed E-state index contributed by atoms with van der Waals surface area (Å²) < 4.78 is 0. The predicted molar refractivity (Wildman–Crippen MR) is 171 cm³/mol. The van der Waals surface area contributed by atoms with E-state index in [0.717, 1.165) is 25.7 Å². The van der Waals surface area contributed by atoms with Gasteiger partial charge in [0.1, 0.15) is 0 Å². The Balaban J connectivity index is -0.000000171. The van der Waals surface area contributed by atoms with Crippen molar-refractivity contribution >= 4 is 13.6 Å². The molecule has 0 aromatic heterocycles. The summed E-state index contributed by atoms with van der Waals surface area (Å²) in [6, 6.07) is 0. The van der Waals surface area contributed by atoms with E-state index < -0.39 is 0 Å². The maximum absolute atomic E-state index is 7.75. The summed E-state index contributed by atoms with van der Waals surface area (Å²) in [6.45, 7) is 46.1. The molecule has 0 N–H and O–H groups in total. The van der Waals surface area contributed by atoms with E-state index in [1.165, 1.54) is 0 Å². The minimum absolute atomic E-state index is 0. The van der Waals surface area contributed by atoms with Crippen molar-refractivity contribution in [2.75, 3.05) is 0 Å². The van der Waals surface area contributed by atoms with E-state index in [1.807, 2.05) is 0 Å². The first-order valence-electron chi connectivity index (χ1n) is 14.2. The molecule has 0 aromatic carbocycles. The van der Waals surface area contributed by atoms with Gasteiger partial charge in [0.15, 0.2) is 0 Å². The molecule has 0 aromatic rings. The van der Waals surface area contributed by atoms with Crippen molar-refractivity contribution in [2.45, 2.75) is 185 Å². The van der Waals surface area contributed by atoms with Crippen molar-refractivity contribution in [1.29, 1.82) is 0 Å². The molecule has 0 radical (unpaired) electrons. The Bertz CT molecular complexity index is 542. The molecular formula is C32H66N4O2Ru. The van der Waals surface area contributed by atoms with E-state index >= 15 is 0 Å². The van der Waals surface area contributed by atoms with Crippen LogP contribution in [-0.4, -0.2) is 48.1 Å². The molecule has 0 aliphatic heterocycles. The second kappa shape index (κ2) is 20.6. The second-order valence-electron chi connectivity index (χ2n) is 14.6. The molecule has 0 aliphatic carbocycles. The Morgan fingerprint density at radius 3 is 0.769 bits per heavy atom. The van der Waals surface area contributed by atoms with Crippen molar-refractivity contribution < 1.29 is 29.1 Å². The summed E-state index contributed by atoms with van der Waals surface area (Å²) in [4.78, 5) is 15.5. The van der Waals surface area contributed by atoms with Crippen molar-refractivity contribution in [3.63, 3.8) is 0 Å². The Hall–Kier alpha value is -0.197. The van der Waals surface area contributed by atoms with Crippen LogP contribution in [0.5, 0.6) is 0 Å². The van der Waals surface area contributed by atoms with Crippen molar-refractivity contribution in [3.8, 4) is 0 Å². The summed E-state index contributed by atoms with van der Waals surface area (Å²) >= 11 is 0. The van der Waals surface area contributed by atoms with Gasteiger partial charge in [-0.2, -0.15) is 0 Å². The maximum atomic E-state index is 7.75. The van der Waals surface area contributed by atoms with Gasteiger partial charge < -0.3 is 30.9 Å². The normalized spacial score (nSPS) is 14.2. The third-order valence-electron chi connectivity index (χ3n) is 6.91. The molecular weight excluding hydrogens is 573 g/mol. The third kappa shape index (κ3) is 25.3. The van der Waals surface area contributed by atoms with E-state index in [4.69, 9.17) is 30.9 Å². The van der Waals surface area contributed by atoms with Crippen molar-refractivity contribution in [1.82, 2.24) is 0 Å². The van der Waals surface area contributed by atoms with E-state index in [-0.39, 0.29) is 64.8 Å². The van der Waals surface area contributed by atoms with Gasteiger partial charge in [-0.05, 0) is 0 Å². The second-order valence-corrected chi connectivity index (χ2v) is 14.6. The largest absolute Gasteiger partial charge is 6.00 e. The predicted octanol–water partition coefficient (Wildman–Crippen LogP) is 10.4. The SMILES string of the molecule is CCC(C)(C)[N-]C([N-]C(C)(C)C)C(C)(C)CC.CCC(C)(C)[N-]C([N-]C(C)(C)C)C(C)(C)CC.[CH-]=O.[CH-]=O.[Ru+6]. The van der Waals surface area contributed by atoms with Crippen LogP contribution in [0.4, 0.5) is 0 Å². The summed E-state index contributed by atoms with van der Waals surface area (Å²) in [5.74, 6) is 0. The Kier molecular flexibility index (Phi) is 25.7. The van der Waals surface area contributed by atoms with Gasteiger partial charge in [-0.1, -0.05) is 161 Å². The number of hydrogen-bond donors (Lipinski definition) is 0. The summed E-state index contributed by atoms with van der Waals surface area (Å²) in [6.07, 6.45) is 4.48. The van der Waals surface area contributed by atoms with Crippen LogP contribution in [-0.2, 0) is 29.1 Å². The molecule has 0 saturated heterocycles. The molecule has 0 aliphatic rings. The van der Waals surface area contributed by atoms with Gasteiger partial charge in [-0.3, -0.25) is 13.6 Å². The molecule has 39 heavy (non-hydrogen) atoms. The fourth-order valence-corrected chi connectivity index (χ4v) is 2.70. The number of rotatable bonds is 12. The average molecular weight is 640 g/mol. The fraction of sp³-hybridized carbons (Fsp3) is 0.938. The van der Waals surface area contributed by atoms with Gasteiger partial charge in [0.25, 0.3) is 0 Å². The number of hydrogen-bond acceptors (Lipinski definition) is 2. The first kappa shape index (κ1) is 48.5. The van der Waals surface area contributed by atoms with Crippen LogP contribution in [0.1, 0.15) is 150 Å². The minimum atomic E-state index is -0.0234. The molecule has 0 saturated carbocycles. The zero-order valence-corrected chi connectivity index (χ0v) is 30.8. The van der Waals surface area contributed by atoms with Gasteiger partial charge in [0, 0.05) is 0 Å². The molecule has 6 nitrogen and oxygen atoms in total. The summed E-state index contributed by atoms with van der Waals surface area (Å²) in [5.41, 5.74) is 0.270. The van der Waals surface area contributed by atoms with Gasteiger partial charge >= 0.3 is 19.5 Å². The zero-order valence-electron chi connectivity index (χ0n) is 29.1. The monoisotopic (exact) mass is 640 g/mol. The Morgan fingerprint density at radius 1 is 0.436 bits per heavy atom. The maximum Gasteiger partial charge on any atom is 6.00 e. The molecule has 0 rings (SSSR count). The first-order valence-corrected chi connectivity index (χ1v) is 14.2. The van der Waals surface area contributed by atoms with Gasteiger partial charge in [0.05, 0.1) is 0 Å². The van der Waals surface area contributed by atoms with Crippen LogP contribution < -0.4 is 0 Å². The van der Waals surface area contributed by atoms with Gasteiger partial charge in [-0.15, -0.1) is 22.2 Å². The fourth-order valence-electron chi connectivity index (χ4n) is 2.70. The molecule has 0 bridgehead atoms. The Morgan fingerprint density at radius 2 is 0.641 bits per heavy atom. The molecule has 0 amide bonds. The Labute approximate surface area is 258 Å². The van der Waals surface area contributed by atoms with E-state index in [2.05, 4.69) is 138 Å². The molecule has 0 spiro atoms. The summed E-state index contributed by atoms with van der Waals surface area (Å²) in [5, 5.41) is 19.8. The molecule has 0 heterocycles. The first-order chi connectivity index (χ1) is 16.9. The van der Waals surface area contributed by atoms with Crippen molar-refractivity contribution in [3.05, 3.63) is 21.3 Å². The standard InChI is InChI=1S/2C15H32N2.2CHO.Ru/c2*1-10-14(6,7)12(16-13(3,4)5)17-15(8,9)11-2;2*1-2;/h2*12H,10-11H2,1-9H3;2*1H;/q2*-2;2*-1;+6. The van der Waals surface area contributed by atoms with Crippen LogP contribution in [0.3, 0.4) is 0 Å². The van der Waals surface area contributed by atoms with Crippen LogP contribution in [0.15, 0.2) is 0 Å². The van der Waals surface area contributed by atoms with Crippen LogP contribution in [0.25, 0.3) is 21.3 Å². The summed E-state index contributed by atoms with van der Waals surface area (Å²) in [7, 11) is 0. The smallest absolute Gasteiger partial charge is 0.673 e. The molecule has 2 atom stereocenters. The third-order valence-corrected chi connectivity index (χ3v) is 6.91. The number of carbonyl (C=O) groups excluding carboxylic acids is 2. The zero-order chi connectivity index (χ0) is 31.8.